The van der Waals surface area contributed by atoms with Crippen LogP contribution in [-0.2, 0) is 15.1 Å². The van der Waals surface area contributed by atoms with E-state index in [0.717, 1.165) is 29.8 Å². The molecular formula is C26H25ClN6O3. The van der Waals surface area contributed by atoms with Crippen molar-refractivity contribution in [1.29, 1.82) is 0 Å². The fraction of sp³-hybridized carbons (Fsp3) is 0.308. The summed E-state index contributed by atoms with van der Waals surface area (Å²) in [5.74, 6) is 1.30. The summed E-state index contributed by atoms with van der Waals surface area (Å²) in [6, 6.07) is 14.3. The average Bonchev–Trinajstić information content (AvgIpc) is 3.71. The second-order valence-electron chi connectivity index (χ2n) is 9.18. The SMILES string of the molecule is CNC(=O)Nc1ccc(-c2ncc3c(n2)N2CCOCC2C(=O)N3C2(c3ccc(Cl)cc3)CC2)cc1. The van der Waals surface area contributed by atoms with Gasteiger partial charge in [0, 0.05) is 29.9 Å². The lowest BCUT2D eigenvalue weighted by Crippen LogP contribution is -2.61. The number of urea groups is 1. The number of aromatic nitrogens is 2. The van der Waals surface area contributed by atoms with Gasteiger partial charge in [-0.3, -0.25) is 9.69 Å². The maximum Gasteiger partial charge on any atom is 0.318 e. The Labute approximate surface area is 213 Å². The van der Waals surface area contributed by atoms with Crippen molar-refractivity contribution in [3.8, 4) is 11.4 Å². The number of nitrogens with one attached hydrogen (secondary N) is 2. The Morgan fingerprint density at radius 2 is 1.89 bits per heavy atom. The number of nitrogens with zero attached hydrogens (tertiary/aromatic N) is 4. The molecule has 0 bridgehead atoms. The minimum absolute atomic E-state index is 0.00984. The van der Waals surface area contributed by atoms with Gasteiger partial charge in [0.25, 0.3) is 5.91 Å². The van der Waals surface area contributed by atoms with Gasteiger partial charge in [-0.25, -0.2) is 14.8 Å². The fourth-order valence-electron chi connectivity index (χ4n) is 5.06. The zero-order valence-electron chi connectivity index (χ0n) is 19.7. The van der Waals surface area contributed by atoms with Crippen molar-refractivity contribution in [2.45, 2.75) is 24.4 Å². The van der Waals surface area contributed by atoms with E-state index < -0.39 is 11.6 Å². The van der Waals surface area contributed by atoms with Crippen molar-refractivity contribution in [2.24, 2.45) is 0 Å². The first-order valence-electron chi connectivity index (χ1n) is 11.9. The number of amides is 3. The van der Waals surface area contributed by atoms with Crippen LogP contribution in [-0.4, -0.2) is 54.8 Å². The first-order chi connectivity index (χ1) is 17.5. The number of hydrogen-bond donors (Lipinski definition) is 2. The number of benzene rings is 2. The van der Waals surface area contributed by atoms with Crippen molar-refractivity contribution < 1.29 is 14.3 Å². The Bertz CT molecular complexity index is 1330. The lowest BCUT2D eigenvalue weighted by Gasteiger charge is -2.46. The number of morpholine rings is 1. The Hall–Kier alpha value is -3.69. The Morgan fingerprint density at radius 1 is 1.14 bits per heavy atom. The topological polar surface area (TPSA) is 99.7 Å². The molecule has 2 fully saturated rings. The summed E-state index contributed by atoms with van der Waals surface area (Å²) >= 11 is 6.14. The van der Waals surface area contributed by atoms with Crippen LogP contribution < -0.4 is 20.4 Å². The lowest BCUT2D eigenvalue weighted by molar-refractivity contribution is -0.123. The highest BCUT2D eigenvalue weighted by Crippen LogP contribution is 2.55. The van der Waals surface area contributed by atoms with Crippen molar-refractivity contribution >= 4 is 40.7 Å². The Balaban J connectivity index is 1.40. The molecule has 1 aromatic heterocycles. The molecule has 3 amide bonds. The minimum Gasteiger partial charge on any atom is -0.377 e. The van der Waals surface area contributed by atoms with Gasteiger partial charge in [-0.1, -0.05) is 23.7 Å². The number of hydrogen-bond acceptors (Lipinski definition) is 6. The van der Waals surface area contributed by atoms with Gasteiger partial charge in [0.1, 0.15) is 11.7 Å². The van der Waals surface area contributed by atoms with Gasteiger partial charge >= 0.3 is 6.03 Å². The maximum absolute atomic E-state index is 13.8. The third kappa shape index (κ3) is 3.75. The second kappa shape index (κ2) is 8.76. The predicted molar refractivity (Wildman–Crippen MR) is 137 cm³/mol. The number of anilines is 3. The van der Waals surface area contributed by atoms with Gasteiger partial charge in [0.05, 0.1) is 24.9 Å². The lowest BCUT2D eigenvalue weighted by atomic mass is 9.98. The average molecular weight is 505 g/mol. The van der Waals surface area contributed by atoms with Crippen molar-refractivity contribution in [2.75, 3.05) is 41.9 Å². The summed E-state index contributed by atoms with van der Waals surface area (Å²) in [6.07, 6.45) is 3.47. The zero-order valence-corrected chi connectivity index (χ0v) is 20.5. The van der Waals surface area contributed by atoms with E-state index in [0.29, 0.717) is 42.0 Å². The highest BCUT2D eigenvalue weighted by molar-refractivity contribution is 6.30. The van der Waals surface area contributed by atoms with Crippen LogP contribution in [0.25, 0.3) is 11.4 Å². The number of ether oxygens (including phenoxy) is 1. The molecule has 6 rings (SSSR count). The molecule has 36 heavy (non-hydrogen) atoms. The third-order valence-corrected chi connectivity index (χ3v) is 7.31. The molecule has 1 aliphatic carbocycles. The molecule has 10 heteroatoms. The largest absolute Gasteiger partial charge is 0.377 e. The summed E-state index contributed by atoms with van der Waals surface area (Å²) in [6.45, 7) is 1.44. The van der Waals surface area contributed by atoms with Gasteiger partial charge < -0.3 is 20.3 Å². The van der Waals surface area contributed by atoms with E-state index in [1.165, 1.54) is 0 Å². The molecule has 3 aliphatic rings. The standard InChI is InChI=1S/C26H25ClN6O3/c1-28-25(35)30-19-8-2-16(3-9-19)22-29-14-20-23(31-22)32-12-13-36-15-21(32)24(34)33(20)26(10-11-26)17-4-6-18(27)7-5-17/h2-9,14,21H,10-13,15H2,1H3,(H2,28,30,35). The van der Waals surface area contributed by atoms with E-state index in [4.69, 9.17) is 21.3 Å². The van der Waals surface area contributed by atoms with Crippen LogP contribution in [0.15, 0.2) is 54.7 Å². The summed E-state index contributed by atoms with van der Waals surface area (Å²) in [5, 5.41) is 5.94. The van der Waals surface area contributed by atoms with E-state index in [1.807, 2.05) is 46.2 Å². The summed E-state index contributed by atoms with van der Waals surface area (Å²) in [5.41, 5.74) is 2.82. The molecule has 9 nitrogen and oxygen atoms in total. The van der Waals surface area contributed by atoms with E-state index in [9.17, 15) is 9.59 Å². The molecule has 2 aliphatic heterocycles. The molecule has 1 saturated carbocycles. The van der Waals surface area contributed by atoms with Crippen LogP contribution in [0.3, 0.4) is 0 Å². The molecule has 0 radical (unpaired) electrons. The summed E-state index contributed by atoms with van der Waals surface area (Å²) in [7, 11) is 1.57. The van der Waals surface area contributed by atoms with Gasteiger partial charge in [-0.15, -0.1) is 0 Å². The van der Waals surface area contributed by atoms with Gasteiger partial charge in [0.2, 0.25) is 0 Å². The molecule has 2 aromatic carbocycles. The van der Waals surface area contributed by atoms with Crippen LogP contribution >= 0.6 is 11.6 Å². The molecule has 1 atom stereocenters. The highest BCUT2D eigenvalue weighted by atomic mass is 35.5. The van der Waals surface area contributed by atoms with Crippen LogP contribution in [0.5, 0.6) is 0 Å². The van der Waals surface area contributed by atoms with Crippen LogP contribution in [0.4, 0.5) is 22.0 Å². The van der Waals surface area contributed by atoms with Crippen LogP contribution in [0, 0.1) is 0 Å². The Kier molecular flexibility index (Phi) is 5.54. The minimum atomic E-state index is -0.433. The molecule has 2 N–H and O–H groups in total. The van der Waals surface area contributed by atoms with E-state index in [2.05, 4.69) is 15.6 Å². The zero-order chi connectivity index (χ0) is 24.9. The van der Waals surface area contributed by atoms with Crippen LogP contribution in [0.2, 0.25) is 5.02 Å². The van der Waals surface area contributed by atoms with Crippen molar-refractivity contribution in [3.63, 3.8) is 0 Å². The predicted octanol–water partition coefficient (Wildman–Crippen LogP) is 3.79. The number of fused-ring (bicyclic) bond motifs is 3. The van der Waals surface area contributed by atoms with E-state index >= 15 is 0 Å². The molecule has 0 spiro atoms. The van der Waals surface area contributed by atoms with Crippen molar-refractivity contribution in [3.05, 3.63) is 65.3 Å². The molecule has 1 unspecified atom stereocenters. The monoisotopic (exact) mass is 504 g/mol. The van der Waals surface area contributed by atoms with E-state index in [-0.39, 0.29) is 11.9 Å². The first-order valence-corrected chi connectivity index (χ1v) is 12.3. The molecule has 184 valence electrons. The first kappa shape index (κ1) is 22.8. The second-order valence-corrected chi connectivity index (χ2v) is 9.62. The number of carbonyl (C=O) groups excluding carboxylic acids is 2. The van der Waals surface area contributed by atoms with Gasteiger partial charge in [-0.05, 0) is 54.8 Å². The van der Waals surface area contributed by atoms with Gasteiger partial charge in [0.15, 0.2) is 11.6 Å². The van der Waals surface area contributed by atoms with Crippen LogP contribution in [0.1, 0.15) is 18.4 Å². The molecule has 3 heterocycles. The third-order valence-electron chi connectivity index (χ3n) is 7.06. The maximum atomic E-state index is 13.8. The molecule has 1 saturated heterocycles. The Morgan fingerprint density at radius 3 is 2.58 bits per heavy atom. The molecule has 3 aromatic rings. The smallest absolute Gasteiger partial charge is 0.318 e. The van der Waals surface area contributed by atoms with Gasteiger partial charge in [-0.2, -0.15) is 0 Å². The summed E-state index contributed by atoms with van der Waals surface area (Å²) in [4.78, 5) is 39.0. The van der Waals surface area contributed by atoms with E-state index in [1.54, 1.807) is 25.4 Å². The van der Waals surface area contributed by atoms with Crippen molar-refractivity contribution in [1.82, 2.24) is 15.3 Å². The molecular weight excluding hydrogens is 480 g/mol. The fourth-order valence-corrected chi connectivity index (χ4v) is 5.19. The number of halogens is 1. The quantitative estimate of drug-likeness (QED) is 0.561. The number of rotatable bonds is 4. The summed E-state index contributed by atoms with van der Waals surface area (Å²) < 4.78 is 5.71. The normalized spacial score (nSPS) is 19.8. The number of carbonyl (C=O) groups is 2. The highest BCUT2D eigenvalue weighted by Gasteiger charge is 2.57.